The highest BCUT2D eigenvalue weighted by atomic mass is 32.1. The maximum atomic E-state index is 10.8. The average Bonchev–Trinajstić information content (AvgIpc) is 2.72. The van der Waals surface area contributed by atoms with E-state index >= 15 is 0 Å². The molecule has 0 saturated carbocycles. The van der Waals surface area contributed by atoms with Gasteiger partial charge in [-0.15, -0.1) is 0 Å². The van der Waals surface area contributed by atoms with Crippen molar-refractivity contribution in [2.24, 2.45) is 0 Å². The van der Waals surface area contributed by atoms with E-state index in [4.69, 9.17) is 0 Å². The van der Waals surface area contributed by atoms with Gasteiger partial charge in [-0.2, -0.15) is 0 Å². The average molecular weight is 240 g/mol. The van der Waals surface area contributed by atoms with E-state index in [2.05, 4.69) is 16.8 Å². The number of aryl methyl sites for hydroxylation is 1. The maximum Gasteiger partial charge on any atom is 0.185 e. The van der Waals surface area contributed by atoms with Gasteiger partial charge >= 0.3 is 0 Å². The van der Waals surface area contributed by atoms with Gasteiger partial charge < -0.3 is 4.90 Å². The predicted molar refractivity (Wildman–Crippen MR) is 69.7 cm³/mol. The second kappa shape index (κ2) is 6.63. The van der Waals surface area contributed by atoms with E-state index in [9.17, 15) is 4.79 Å². The molecule has 0 aliphatic heterocycles. The number of hydrogen-bond donors (Lipinski definition) is 0. The molecule has 0 N–H and O–H groups in total. The molecule has 0 aromatic carbocycles. The highest BCUT2D eigenvalue weighted by molar-refractivity contribution is 7.17. The lowest BCUT2D eigenvalue weighted by Crippen LogP contribution is -2.18. The van der Waals surface area contributed by atoms with E-state index < -0.39 is 0 Å². The molecule has 1 rings (SSSR count). The van der Waals surface area contributed by atoms with Gasteiger partial charge in [0.05, 0.1) is 10.6 Å². The van der Waals surface area contributed by atoms with Crippen molar-refractivity contribution in [2.75, 3.05) is 18.5 Å². The summed E-state index contributed by atoms with van der Waals surface area (Å²) in [5, 5.41) is 0.968. The van der Waals surface area contributed by atoms with E-state index in [-0.39, 0.29) is 0 Å². The van der Waals surface area contributed by atoms with Crippen LogP contribution in [0.4, 0.5) is 5.13 Å². The third-order valence-corrected chi connectivity index (χ3v) is 3.72. The zero-order valence-electron chi connectivity index (χ0n) is 10.3. The minimum Gasteiger partial charge on any atom is -0.351 e. The van der Waals surface area contributed by atoms with E-state index in [1.165, 1.54) is 30.6 Å². The number of carbonyl (C=O) groups is 1. The second-order valence-corrected chi connectivity index (χ2v) is 4.92. The van der Waals surface area contributed by atoms with Crippen molar-refractivity contribution in [3.8, 4) is 0 Å². The number of hydrogen-bond acceptors (Lipinski definition) is 4. The first-order valence-corrected chi connectivity index (χ1v) is 6.70. The topological polar surface area (TPSA) is 33.2 Å². The molecule has 0 saturated heterocycles. The van der Waals surface area contributed by atoms with Crippen LogP contribution in [0.3, 0.4) is 0 Å². The summed E-state index contributed by atoms with van der Waals surface area (Å²) in [6, 6.07) is 0. The van der Waals surface area contributed by atoms with Crippen LogP contribution in [0.25, 0.3) is 0 Å². The Bertz CT molecular complexity index is 336. The lowest BCUT2D eigenvalue weighted by molar-refractivity contribution is 0.112. The first-order valence-electron chi connectivity index (χ1n) is 5.88. The van der Waals surface area contributed by atoms with Crippen LogP contribution >= 0.6 is 11.3 Å². The quantitative estimate of drug-likeness (QED) is 0.542. The Labute approximate surface area is 101 Å². The normalized spacial score (nSPS) is 10.4. The van der Waals surface area contributed by atoms with Crippen LogP contribution < -0.4 is 4.90 Å². The summed E-state index contributed by atoms with van der Waals surface area (Å²) in [6.45, 7) is 5.24. The first kappa shape index (κ1) is 13.2. The van der Waals surface area contributed by atoms with E-state index in [0.29, 0.717) is 0 Å². The summed E-state index contributed by atoms with van der Waals surface area (Å²) in [6.07, 6.45) is 5.40. The van der Waals surface area contributed by atoms with Gasteiger partial charge in [-0.25, -0.2) is 4.98 Å². The fourth-order valence-electron chi connectivity index (χ4n) is 1.55. The number of thiazole rings is 1. The number of aromatic nitrogens is 1. The second-order valence-electron chi connectivity index (χ2n) is 3.91. The SMILES string of the molecule is CCCCCN(C)c1nc(CC)c(C=O)s1. The molecule has 0 aliphatic carbocycles. The molecular weight excluding hydrogens is 220 g/mol. The molecule has 0 fully saturated rings. The van der Waals surface area contributed by atoms with Crippen LogP contribution in [0.2, 0.25) is 0 Å². The molecule has 0 amide bonds. The Morgan fingerprint density at radius 3 is 2.62 bits per heavy atom. The highest BCUT2D eigenvalue weighted by Gasteiger charge is 2.11. The van der Waals surface area contributed by atoms with Gasteiger partial charge in [-0.1, -0.05) is 38.0 Å². The van der Waals surface area contributed by atoms with E-state index in [0.717, 1.165) is 35.0 Å². The fourth-order valence-corrected chi connectivity index (χ4v) is 2.51. The minimum atomic E-state index is 0.778. The molecule has 0 radical (unpaired) electrons. The van der Waals surface area contributed by atoms with E-state index in [1.807, 2.05) is 14.0 Å². The zero-order chi connectivity index (χ0) is 12.0. The number of unbranched alkanes of at least 4 members (excludes halogenated alkanes) is 2. The molecule has 4 heteroatoms. The van der Waals surface area contributed by atoms with Gasteiger partial charge in [0, 0.05) is 13.6 Å². The Balaban J connectivity index is 2.64. The van der Waals surface area contributed by atoms with Crippen LogP contribution in [-0.2, 0) is 6.42 Å². The van der Waals surface area contributed by atoms with Crippen LogP contribution in [0, 0.1) is 0 Å². The molecule has 0 unspecified atom stereocenters. The monoisotopic (exact) mass is 240 g/mol. The van der Waals surface area contributed by atoms with Crippen molar-refractivity contribution < 1.29 is 4.79 Å². The largest absolute Gasteiger partial charge is 0.351 e. The molecule has 1 aromatic heterocycles. The first-order chi connectivity index (χ1) is 7.72. The smallest absolute Gasteiger partial charge is 0.185 e. The van der Waals surface area contributed by atoms with Crippen LogP contribution in [-0.4, -0.2) is 24.9 Å². The molecular formula is C12H20N2OS. The highest BCUT2D eigenvalue weighted by Crippen LogP contribution is 2.24. The van der Waals surface area contributed by atoms with Gasteiger partial charge in [-0.3, -0.25) is 4.79 Å². The number of aldehydes is 1. The number of rotatable bonds is 7. The summed E-state index contributed by atoms with van der Waals surface area (Å²) in [4.78, 5) is 18.2. The lowest BCUT2D eigenvalue weighted by Gasteiger charge is -2.14. The lowest BCUT2D eigenvalue weighted by atomic mass is 10.2. The third-order valence-electron chi connectivity index (χ3n) is 2.58. The molecule has 1 aromatic rings. The minimum absolute atomic E-state index is 0.778. The van der Waals surface area contributed by atoms with Crippen molar-refractivity contribution in [1.82, 2.24) is 4.98 Å². The maximum absolute atomic E-state index is 10.8. The predicted octanol–water partition coefficient (Wildman–Crippen LogP) is 3.14. The van der Waals surface area contributed by atoms with Crippen molar-refractivity contribution in [3.05, 3.63) is 10.6 Å². The Kier molecular flexibility index (Phi) is 5.46. The van der Waals surface area contributed by atoms with Crippen LogP contribution in [0.5, 0.6) is 0 Å². The van der Waals surface area contributed by atoms with E-state index in [1.54, 1.807) is 0 Å². The summed E-state index contributed by atoms with van der Waals surface area (Å²) in [7, 11) is 2.04. The molecule has 16 heavy (non-hydrogen) atoms. The molecule has 0 spiro atoms. The summed E-state index contributed by atoms with van der Waals surface area (Å²) in [5.41, 5.74) is 0.928. The van der Waals surface area contributed by atoms with Crippen molar-refractivity contribution in [1.29, 1.82) is 0 Å². The Hall–Kier alpha value is -0.900. The van der Waals surface area contributed by atoms with Crippen molar-refractivity contribution in [3.63, 3.8) is 0 Å². The van der Waals surface area contributed by atoms with Gasteiger partial charge in [0.2, 0.25) is 0 Å². The van der Waals surface area contributed by atoms with Crippen molar-refractivity contribution in [2.45, 2.75) is 39.5 Å². The van der Waals surface area contributed by atoms with Crippen LogP contribution in [0.1, 0.15) is 48.5 Å². The Morgan fingerprint density at radius 2 is 2.12 bits per heavy atom. The summed E-state index contributed by atoms with van der Waals surface area (Å²) >= 11 is 1.50. The molecule has 0 bridgehead atoms. The molecule has 90 valence electrons. The number of anilines is 1. The van der Waals surface area contributed by atoms with Gasteiger partial charge in [0.25, 0.3) is 0 Å². The zero-order valence-corrected chi connectivity index (χ0v) is 11.1. The fraction of sp³-hybridized carbons (Fsp3) is 0.667. The standard InChI is InChI=1S/C12H20N2OS/c1-4-6-7-8-14(3)12-13-10(5-2)11(9-15)16-12/h9H,4-8H2,1-3H3. The third kappa shape index (κ3) is 3.30. The summed E-state index contributed by atoms with van der Waals surface area (Å²) < 4.78 is 0. The molecule has 1 heterocycles. The number of carbonyl (C=O) groups excluding carboxylic acids is 1. The molecule has 3 nitrogen and oxygen atoms in total. The van der Waals surface area contributed by atoms with Gasteiger partial charge in [-0.05, 0) is 12.8 Å². The van der Waals surface area contributed by atoms with Gasteiger partial charge in [0.15, 0.2) is 11.4 Å². The van der Waals surface area contributed by atoms with Gasteiger partial charge in [0.1, 0.15) is 0 Å². The Morgan fingerprint density at radius 1 is 1.38 bits per heavy atom. The summed E-state index contributed by atoms with van der Waals surface area (Å²) in [5.74, 6) is 0. The van der Waals surface area contributed by atoms with Crippen LogP contribution in [0.15, 0.2) is 0 Å². The van der Waals surface area contributed by atoms with Crippen molar-refractivity contribution >= 4 is 22.8 Å². The molecule has 0 atom stereocenters. The molecule has 0 aliphatic rings. The number of nitrogens with zero attached hydrogens (tertiary/aromatic N) is 2.